The van der Waals surface area contributed by atoms with Gasteiger partial charge >= 0.3 is 0 Å². The number of hydrogen-bond acceptors (Lipinski definition) is 1. The van der Waals surface area contributed by atoms with Crippen molar-refractivity contribution in [1.29, 1.82) is 0 Å². The van der Waals surface area contributed by atoms with Gasteiger partial charge in [0.25, 0.3) is 0 Å². The van der Waals surface area contributed by atoms with Crippen LogP contribution in [0, 0.1) is 0 Å². The first-order chi connectivity index (χ1) is 8.77. The zero-order chi connectivity index (χ0) is 12.5. The molecule has 1 unspecified atom stereocenters. The molecule has 1 aromatic heterocycles. The second-order valence-corrected chi connectivity index (χ2v) is 5.51. The van der Waals surface area contributed by atoms with Gasteiger partial charge in [-0.25, -0.2) is 0 Å². The van der Waals surface area contributed by atoms with E-state index in [4.69, 9.17) is 0 Å². The molecule has 1 heterocycles. The summed E-state index contributed by atoms with van der Waals surface area (Å²) in [5.41, 5.74) is 3.17. The second-order valence-electron chi connectivity index (χ2n) is 4.19. The van der Waals surface area contributed by atoms with E-state index >= 15 is 0 Å². The van der Waals surface area contributed by atoms with Gasteiger partial charge < -0.3 is 9.54 Å². The number of aromatic nitrogens is 1. The fourth-order valence-corrected chi connectivity index (χ4v) is 2.99. The third-order valence-electron chi connectivity index (χ3n) is 3.02. The number of para-hydroxylation sites is 1. The minimum absolute atomic E-state index is 0.794. The van der Waals surface area contributed by atoms with E-state index in [1.807, 2.05) is 48.5 Å². The normalized spacial score (nSPS) is 12.8. The molecule has 3 aromatic rings. The molecule has 0 aliphatic carbocycles. The number of aromatic amines is 1. The maximum Gasteiger partial charge on any atom is 0.231 e. The van der Waals surface area contributed by atoms with Crippen LogP contribution in [-0.4, -0.2) is 15.8 Å². The minimum atomic E-state index is -1.03. The molecule has 2 nitrogen and oxygen atoms in total. The van der Waals surface area contributed by atoms with Crippen LogP contribution in [0.15, 0.2) is 59.6 Å². The van der Waals surface area contributed by atoms with Gasteiger partial charge in [-0.3, -0.25) is 0 Å². The molecule has 0 saturated heterocycles. The van der Waals surface area contributed by atoms with E-state index in [-0.39, 0.29) is 0 Å². The van der Waals surface area contributed by atoms with Gasteiger partial charge in [0.1, 0.15) is 6.26 Å². The van der Waals surface area contributed by atoms with Crippen molar-refractivity contribution in [3.05, 3.63) is 54.6 Å². The summed E-state index contributed by atoms with van der Waals surface area (Å²) in [7, 11) is 0. The average molecular weight is 255 g/mol. The molecule has 2 aromatic carbocycles. The van der Waals surface area contributed by atoms with Crippen LogP contribution in [0.2, 0.25) is 0 Å². The van der Waals surface area contributed by atoms with Gasteiger partial charge in [-0.2, -0.15) is 0 Å². The first-order valence-corrected chi connectivity index (χ1v) is 7.33. The highest BCUT2D eigenvalue weighted by molar-refractivity contribution is 7.90. The van der Waals surface area contributed by atoms with Crippen molar-refractivity contribution < 1.29 is 4.55 Å². The van der Waals surface area contributed by atoms with Crippen molar-refractivity contribution in [3.8, 4) is 11.1 Å². The topological polar surface area (TPSA) is 38.8 Å². The summed E-state index contributed by atoms with van der Waals surface area (Å²) < 4.78 is 11.9. The molecular weight excluding hydrogens is 242 g/mol. The molecule has 90 valence electrons. The summed E-state index contributed by atoms with van der Waals surface area (Å²) in [5.74, 6) is 0. The third kappa shape index (κ3) is 1.82. The third-order valence-corrected chi connectivity index (χ3v) is 3.90. The van der Waals surface area contributed by atoms with E-state index in [1.54, 1.807) is 6.26 Å². The molecule has 0 fully saturated rings. The lowest BCUT2D eigenvalue weighted by atomic mass is 10.1. The summed E-state index contributed by atoms with van der Waals surface area (Å²) in [6.07, 6.45) is 1.71. The molecule has 0 spiro atoms. The van der Waals surface area contributed by atoms with E-state index in [0.29, 0.717) is 0 Å². The van der Waals surface area contributed by atoms with Crippen molar-refractivity contribution in [2.75, 3.05) is 6.26 Å². The minimum Gasteiger partial charge on any atom is -0.610 e. The van der Waals surface area contributed by atoms with E-state index in [1.165, 1.54) is 0 Å². The van der Waals surface area contributed by atoms with Crippen molar-refractivity contribution >= 4 is 22.1 Å². The Bertz CT molecular complexity index is 673. The maximum absolute atomic E-state index is 11.9. The molecular formula is C15H13NOS. The van der Waals surface area contributed by atoms with Crippen LogP contribution in [0.5, 0.6) is 0 Å². The van der Waals surface area contributed by atoms with Crippen LogP contribution in [0.4, 0.5) is 0 Å². The van der Waals surface area contributed by atoms with Crippen LogP contribution in [0.1, 0.15) is 0 Å². The Balaban J connectivity index is 2.35. The SMILES string of the molecule is C[S+]([O-])c1[nH]c2ccccc2c1-c1ccccc1. The monoisotopic (exact) mass is 255 g/mol. The lowest BCUT2D eigenvalue weighted by molar-refractivity contribution is 0.598. The van der Waals surface area contributed by atoms with Gasteiger partial charge in [-0.1, -0.05) is 48.5 Å². The van der Waals surface area contributed by atoms with Crippen molar-refractivity contribution in [3.63, 3.8) is 0 Å². The standard InChI is InChI=1S/C15H13NOS/c1-18(17)15-14(11-7-3-2-4-8-11)12-9-5-6-10-13(12)16-15/h2-10,16H,1H3. The average Bonchev–Trinajstić information content (AvgIpc) is 2.79. The Morgan fingerprint density at radius 1 is 0.944 bits per heavy atom. The summed E-state index contributed by atoms with van der Waals surface area (Å²) >= 11 is -1.03. The molecule has 1 N–H and O–H groups in total. The highest BCUT2D eigenvalue weighted by atomic mass is 32.2. The molecule has 0 saturated carbocycles. The highest BCUT2D eigenvalue weighted by Crippen LogP contribution is 2.34. The maximum atomic E-state index is 11.9. The zero-order valence-corrected chi connectivity index (χ0v) is 10.8. The predicted octanol–water partition coefficient (Wildman–Crippen LogP) is 3.57. The zero-order valence-electron chi connectivity index (χ0n) is 10.0. The Morgan fingerprint density at radius 2 is 1.61 bits per heavy atom. The molecule has 18 heavy (non-hydrogen) atoms. The molecule has 0 amide bonds. The number of rotatable bonds is 2. The second kappa shape index (κ2) is 4.52. The van der Waals surface area contributed by atoms with Crippen LogP contribution in [-0.2, 0) is 11.2 Å². The van der Waals surface area contributed by atoms with Crippen LogP contribution >= 0.6 is 0 Å². The Morgan fingerprint density at radius 3 is 2.33 bits per heavy atom. The van der Waals surface area contributed by atoms with Crippen LogP contribution in [0.3, 0.4) is 0 Å². The molecule has 0 bridgehead atoms. The number of nitrogens with one attached hydrogen (secondary N) is 1. The van der Waals surface area contributed by atoms with Gasteiger partial charge in [0.05, 0.1) is 11.1 Å². The van der Waals surface area contributed by atoms with Gasteiger partial charge in [0, 0.05) is 16.6 Å². The van der Waals surface area contributed by atoms with E-state index in [0.717, 1.165) is 27.1 Å². The largest absolute Gasteiger partial charge is 0.610 e. The molecule has 1 atom stereocenters. The van der Waals surface area contributed by atoms with Crippen molar-refractivity contribution in [2.24, 2.45) is 0 Å². The summed E-state index contributed by atoms with van der Waals surface area (Å²) in [5, 5.41) is 1.91. The van der Waals surface area contributed by atoms with Crippen molar-refractivity contribution in [2.45, 2.75) is 5.03 Å². The number of fused-ring (bicyclic) bond motifs is 1. The van der Waals surface area contributed by atoms with E-state index in [2.05, 4.69) is 11.1 Å². The highest BCUT2D eigenvalue weighted by Gasteiger charge is 2.19. The number of hydrogen-bond donors (Lipinski definition) is 1. The quantitative estimate of drug-likeness (QED) is 0.698. The van der Waals surface area contributed by atoms with Gasteiger partial charge in [0.2, 0.25) is 5.03 Å². The Labute approximate surface area is 109 Å². The van der Waals surface area contributed by atoms with E-state index in [9.17, 15) is 4.55 Å². The number of H-pyrrole nitrogens is 1. The molecule has 3 rings (SSSR count). The summed E-state index contributed by atoms with van der Waals surface area (Å²) in [6, 6.07) is 18.1. The van der Waals surface area contributed by atoms with Gasteiger partial charge in [0.15, 0.2) is 0 Å². The molecule has 0 aliphatic rings. The smallest absolute Gasteiger partial charge is 0.231 e. The Hall–Kier alpha value is -1.71. The van der Waals surface area contributed by atoms with Gasteiger partial charge in [-0.05, 0) is 11.6 Å². The van der Waals surface area contributed by atoms with Crippen LogP contribution in [0.25, 0.3) is 22.0 Å². The fourth-order valence-electron chi connectivity index (χ4n) is 2.22. The lowest BCUT2D eigenvalue weighted by Gasteiger charge is -2.05. The summed E-state index contributed by atoms with van der Waals surface area (Å²) in [6.45, 7) is 0. The molecule has 3 heteroatoms. The van der Waals surface area contributed by atoms with Crippen LogP contribution < -0.4 is 0 Å². The number of benzene rings is 2. The fraction of sp³-hybridized carbons (Fsp3) is 0.0667. The van der Waals surface area contributed by atoms with Gasteiger partial charge in [-0.15, -0.1) is 0 Å². The predicted molar refractivity (Wildman–Crippen MR) is 76.1 cm³/mol. The first-order valence-electron chi connectivity index (χ1n) is 5.77. The van der Waals surface area contributed by atoms with Crippen molar-refractivity contribution in [1.82, 2.24) is 4.98 Å². The lowest BCUT2D eigenvalue weighted by Crippen LogP contribution is -1.99. The Kier molecular flexibility index (Phi) is 2.86. The van der Waals surface area contributed by atoms with E-state index < -0.39 is 11.2 Å². The molecule has 0 aliphatic heterocycles. The summed E-state index contributed by atoms with van der Waals surface area (Å²) in [4.78, 5) is 3.26. The first kappa shape index (κ1) is 11.4. The molecule has 0 radical (unpaired) electrons.